The van der Waals surface area contributed by atoms with E-state index in [1.807, 2.05) is 31.2 Å². The zero-order valence-corrected chi connectivity index (χ0v) is 10.1. The van der Waals surface area contributed by atoms with Crippen LogP contribution in [0.3, 0.4) is 0 Å². The lowest BCUT2D eigenvalue weighted by Crippen LogP contribution is -2.04. The number of alkyl halides is 1. The fraction of sp³-hybridized carbons (Fsp3) is 0.455. The van der Waals surface area contributed by atoms with Gasteiger partial charge in [0.1, 0.15) is 5.75 Å². The molecule has 0 aliphatic rings. The van der Waals surface area contributed by atoms with Crippen molar-refractivity contribution < 1.29 is 9.47 Å². The molecule has 1 rings (SSSR count). The Balaban J connectivity index is 2.48. The lowest BCUT2D eigenvalue weighted by atomic mass is 10.3. The van der Waals surface area contributed by atoms with Crippen LogP contribution in [0, 0.1) is 0 Å². The third kappa shape index (κ3) is 4.59. The smallest absolute Gasteiger partial charge is 0.168 e. The highest BCUT2D eigenvalue weighted by Crippen LogP contribution is 2.18. The first kappa shape index (κ1) is 12.9. The third-order valence-electron chi connectivity index (χ3n) is 1.83. The molecule has 0 bridgehead atoms. The monoisotopic (exact) mass is 242 g/mol. The van der Waals surface area contributed by atoms with Gasteiger partial charge in [0.05, 0.1) is 19.4 Å². The summed E-state index contributed by atoms with van der Waals surface area (Å²) in [5.41, 5.74) is 0.296. The number of azo groups is 1. The van der Waals surface area contributed by atoms with Crippen molar-refractivity contribution in [3.05, 3.63) is 24.3 Å². The molecule has 1 atom stereocenters. The second-order valence-electron chi connectivity index (χ2n) is 3.01. The van der Waals surface area contributed by atoms with Gasteiger partial charge in [-0.3, -0.25) is 0 Å². The SMILES string of the molecule is CCOCC(Cl)N=Nc1ccc(OC)cc1. The first-order valence-electron chi connectivity index (χ1n) is 5.03. The zero-order valence-electron chi connectivity index (χ0n) is 9.39. The number of methoxy groups -OCH3 is 1. The Bertz CT molecular complexity index is 327. The molecule has 1 unspecified atom stereocenters. The molecule has 0 amide bonds. The summed E-state index contributed by atoms with van der Waals surface area (Å²) in [5, 5.41) is 7.90. The average Bonchev–Trinajstić information content (AvgIpc) is 2.34. The summed E-state index contributed by atoms with van der Waals surface area (Å²) in [6.07, 6.45) is 0. The van der Waals surface area contributed by atoms with Gasteiger partial charge in [-0.25, -0.2) is 0 Å². The summed E-state index contributed by atoms with van der Waals surface area (Å²) in [6, 6.07) is 7.26. The number of ether oxygens (including phenoxy) is 2. The van der Waals surface area contributed by atoms with Crippen molar-refractivity contribution in [1.82, 2.24) is 0 Å². The molecule has 4 nitrogen and oxygen atoms in total. The van der Waals surface area contributed by atoms with E-state index in [-0.39, 0.29) is 0 Å². The van der Waals surface area contributed by atoms with Crippen molar-refractivity contribution in [3.63, 3.8) is 0 Å². The number of nitrogens with zero attached hydrogens (tertiary/aromatic N) is 2. The zero-order chi connectivity index (χ0) is 11.8. The molecular weight excluding hydrogens is 228 g/mol. The van der Waals surface area contributed by atoms with Crippen molar-refractivity contribution in [2.75, 3.05) is 20.3 Å². The van der Waals surface area contributed by atoms with Crippen LogP contribution in [-0.4, -0.2) is 25.8 Å². The van der Waals surface area contributed by atoms with Crippen LogP contribution in [-0.2, 0) is 4.74 Å². The van der Waals surface area contributed by atoms with Gasteiger partial charge in [-0.15, -0.1) is 0 Å². The first-order valence-corrected chi connectivity index (χ1v) is 5.46. The van der Waals surface area contributed by atoms with Crippen molar-refractivity contribution in [3.8, 4) is 5.75 Å². The summed E-state index contributed by atoms with van der Waals surface area (Å²) in [4.78, 5) is 0. The lowest BCUT2D eigenvalue weighted by molar-refractivity contribution is 0.147. The highest BCUT2D eigenvalue weighted by Gasteiger charge is 2.00. The normalized spacial score (nSPS) is 12.9. The van der Waals surface area contributed by atoms with Crippen LogP contribution in [0.2, 0.25) is 0 Å². The summed E-state index contributed by atoms with van der Waals surface area (Å²) in [5.74, 6) is 0.788. The third-order valence-corrected chi connectivity index (χ3v) is 2.04. The van der Waals surface area contributed by atoms with Gasteiger partial charge < -0.3 is 9.47 Å². The van der Waals surface area contributed by atoms with E-state index < -0.39 is 5.50 Å². The largest absolute Gasteiger partial charge is 0.497 e. The first-order chi connectivity index (χ1) is 7.76. The Kier molecular flexibility index (Phi) is 5.82. The maximum absolute atomic E-state index is 5.86. The van der Waals surface area contributed by atoms with Gasteiger partial charge in [-0.2, -0.15) is 10.2 Å². The molecule has 16 heavy (non-hydrogen) atoms. The maximum atomic E-state index is 5.86. The van der Waals surface area contributed by atoms with E-state index in [1.54, 1.807) is 7.11 Å². The molecule has 0 aliphatic carbocycles. The van der Waals surface area contributed by atoms with Crippen LogP contribution >= 0.6 is 11.6 Å². The minimum Gasteiger partial charge on any atom is -0.497 e. The van der Waals surface area contributed by atoms with E-state index in [2.05, 4.69) is 10.2 Å². The van der Waals surface area contributed by atoms with Crippen LogP contribution < -0.4 is 4.74 Å². The molecule has 0 fully saturated rings. The fourth-order valence-electron chi connectivity index (χ4n) is 1.03. The number of benzene rings is 1. The summed E-state index contributed by atoms with van der Waals surface area (Å²) in [6.45, 7) is 2.91. The molecule has 0 saturated carbocycles. The Labute approximate surface area is 100 Å². The molecule has 0 N–H and O–H groups in total. The average molecular weight is 243 g/mol. The van der Waals surface area contributed by atoms with Crippen molar-refractivity contribution in [2.24, 2.45) is 10.2 Å². The van der Waals surface area contributed by atoms with Crippen LogP contribution in [0.15, 0.2) is 34.5 Å². The lowest BCUT2D eigenvalue weighted by Gasteiger charge is -2.02. The van der Waals surface area contributed by atoms with Crippen molar-refractivity contribution in [1.29, 1.82) is 0 Å². The van der Waals surface area contributed by atoms with Gasteiger partial charge in [0.25, 0.3) is 0 Å². The summed E-state index contributed by atoms with van der Waals surface area (Å²) in [7, 11) is 1.62. The maximum Gasteiger partial charge on any atom is 0.168 e. The number of hydrogen-bond acceptors (Lipinski definition) is 4. The molecule has 0 radical (unpaired) electrons. The molecule has 5 heteroatoms. The van der Waals surface area contributed by atoms with Gasteiger partial charge in [0, 0.05) is 6.61 Å². The second-order valence-corrected chi connectivity index (χ2v) is 3.51. The van der Waals surface area contributed by atoms with Crippen LogP contribution in [0.25, 0.3) is 0 Å². The molecule has 1 aromatic rings. The predicted octanol–water partition coefficient (Wildman–Crippen LogP) is 3.38. The quantitative estimate of drug-likeness (QED) is 0.436. The highest BCUT2D eigenvalue weighted by atomic mass is 35.5. The molecule has 88 valence electrons. The second kappa shape index (κ2) is 7.19. The number of rotatable bonds is 6. The molecule has 0 saturated heterocycles. The van der Waals surface area contributed by atoms with Crippen LogP contribution in [0.1, 0.15) is 6.92 Å². The van der Waals surface area contributed by atoms with E-state index >= 15 is 0 Å². The van der Waals surface area contributed by atoms with Crippen molar-refractivity contribution >= 4 is 17.3 Å². The van der Waals surface area contributed by atoms with Gasteiger partial charge in [-0.05, 0) is 31.2 Å². The van der Waals surface area contributed by atoms with Crippen LogP contribution in [0.5, 0.6) is 5.75 Å². The van der Waals surface area contributed by atoms with Crippen molar-refractivity contribution in [2.45, 2.75) is 12.4 Å². The minimum absolute atomic E-state index is 0.373. The topological polar surface area (TPSA) is 43.2 Å². The van der Waals surface area contributed by atoms with Gasteiger partial charge in [0.2, 0.25) is 0 Å². The van der Waals surface area contributed by atoms with Gasteiger partial charge in [0.15, 0.2) is 5.50 Å². The number of hydrogen-bond donors (Lipinski definition) is 0. The predicted molar refractivity (Wildman–Crippen MR) is 63.6 cm³/mol. The Morgan fingerprint density at radius 2 is 2.00 bits per heavy atom. The summed E-state index contributed by atoms with van der Waals surface area (Å²) < 4.78 is 10.1. The molecule has 0 aromatic heterocycles. The summed E-state index contributed by atoms with van der Waals surface area (Å²) >= 11 is 5.86. The van der Waals surface area contributed by atoms with E-state index in [4.69, 9.17) is 21.1 Å². The van der Waals surface area contributed by atoms with Gasteiger partial charge in [-0.1, -0.05) is 11.6 Å². The number of halogens is 1. The van der Waals surface area contributed by atoms with Gasteiger partial charge >= 0.3 is 0 Å². The molecule has 1 aromatic carbocycles. The highest BCUT2D eigenvalue weighted by molar-refractivity contribution is 6.20. The van der Waals surface area contributed by atoms with E-state index in [9.17, 15) is 0 Å². The van der Waals surface area contributed by atoms with E-state index in [0.717, 1.165) is 11.4 Å². The fourth-order valence-corrected chi connectivity index (χ4v) is 1.16. The standard InChI is InChI=1S/C11H15ClN2O2/c1-3-16-8-11(12)14-13-9-4-6-10(15-2)7-5-9/h4-7,11H,3,8H2,1-2H3. The molecule has 0 spiro atoms. The van der Waals surface area contributed by atoms with E-state index in [1.165, 1.54) is 0 Å². The molecule has 0 aliphatic heterocycles. The van der Waals surface area contributed by atoms with E-state index in [0.29, 0.717) is 13.2 Å². The molecular formula is C11H15ClN2O2. The van der Waals surface area contributed by atoms with Crippen LogP contribution in [0.4, 0.5) is 5.69 Å². The Hall–Kier alpha value is -1.13. The minimum atomic E-state index is -0.443. The molecule has 0 heterocycles. The Morgan fingerprint density at radius 3 is 2.56 bits per heavy atom. The Morgan fingerprint density at radius 1 is 1.31 bits per heavy atom.